The van der Waals surface area contributed by atoms with Crippen LogP contribution in [-0.4, -0.2) is 19.8 Å². The van der Waals surface area contributed by atoms with Crippen molar-refractivity contribution >= 4 is 0 Å². The molecule has 1 aliphatic heterocycles. The van der Waals surface area contributed by atoms with Gasteiger partial charge in [-0.05, 0) is 49.1 Å². The molecule has 2 aromatic carbocycles. The maximum Gasteiger partial charge on any atom is 0.161 e. The van der Waals surface area contributed by atoms with Crippen LogP contribution in [-0.2, 0) is 4.74 Å². The second-order valence-corrected chi connectivity index (χ2v) is 6.43. The van der Waals surface area contributed by atoms with E-state index < -0.39 is 0 Å². The minimum absolute atomic E-state index is 0.181. The first-order valence-corrected chi connectivity index (χ1v) is 8.93. The fourth-order valence-electron chi connectivity index (χ4n) is 4.23. The lowest BCUT2D eigenvalue weighted by atomic mass is 9.84. The third kappa shape index (κ3) is 2.48. The Balaban J connectivity index is 1.84. The summed E-state index contributed by atoms with van der Waals surface area (Å²) in [5, 5.41) is 0. The van der Waals surface area contributed by atoms with Crippen molar-refractivity contribution in [2.24, 2.45) is 5.92 Å². The number of fused-ring (bicyclic) bond motifs is 3. The van der Waals surface area contributed by atoms with Crippen LogP contribution in [0.5, 0.6) is 11.5 Å². The van der Waals surface area contributed by atoms with Crippen LogP contribution >= 0.6 is 0 Å². The molecule has 0 aromatic heterocycles. The first-order chi connectivity index (χ1) is 11.8. The van der Waals surface area contributed by atoms with E-state index >= 15 is 0 Å². The summed E-state index contributed by atoms with van der Waals surface area (Å²) in [6, 6.07) is 15.1. The van der Waals surface area contributed by atoms with E-state index in [1.165, 1.54) is 16.7 Å². The molecule has 1 saturated heterocycles. The Morgan fingerprint density at radius 2 is 1.62 bits per heavy atom. The van der Waals surface area contributed by atoms with Crippen molar-refractivity contribution in [3.63, 3.8) is 0 Å². The predicted molar refractivity (Wildman–Crippen MR) is 93.9 cm³/mol. The topological polar surface area (TPSA) is 27.7 Å². The standard InChI is InChI=1S/C21H24O3/c1-3-22-18-12-16-17(13-19(18)23-4-2)21-15(10-11-24-21)20(16)14-8-6-5-7-9-14/h5-9,12-13,15,20-21H,3-4,10-11H2,1-2H3/t15-,20-,21-/m0/s1. The summed E-state index contributed by atoms with van der Waals surface area (Å²) in [5.41, 5.74) is 3.98. The first-order valence-electron chi connectivity index (χ1n) is 8.93. The maximum atomic E-state index is 6.09. The summed E-state index contributed by atoms with van der Waals surface area (Å²) < 4.78 is 17.8. The zero-order valence-electron chi connectivity index (χ0n) is 14.3. The Morgan fingerprint density at radius 1 is 0.958 bits per heavy atom. The highest BCUT2D eigenvalue weighted by atomic mass is 16.5. The molecule has 0 bridgehead atoms. The highest BCUT2D eigenvalue weighted by Crippen LogP contribution is 2.56. The molecule has 1 fully saturated rings. The Morgan fingerprint density at radius 3 is 2.29 bits per heavy atom. The third-order valence-electron chi connectivity index (χ3n) is 5.11. The third-order valence-corrected chi connectivity index (χ3v) is 5.11. The molecule has 4 rings (SSSR count). The Bertz CT molecular complexity index is 711. The Labute approximate surface area is 143 Å². The Hall–Kier alpha value is -2.00. The second kappa shape index (κ2) is 6.48. The van der Waals surface area contributed by atoms with E-state index in [1.807, 2.05) is 13.8 Å². The minimum atomic E-state index is 0.181. The van der Waals surface area contributed by atoms with E-state index in [9.17, 15) is 0 Å². The molecule has 2 aromatic rings. The van der Waals surface area contributed by atoms with E-state index in [1.54, 1.807) is 0 Å². The van der Waals surface area contributed by atoms with Crippen molar-refractivity contribution in [1.29, 1.82) is 0 Å². The summed E-state index contributed by atoms with van der Waals surface area (Å²) in [6.07, 6.45) is 1.28. The summed E-state index contributed by atoms with van der Waals surface area (Å²) in [6.45, 7) is 6.13. The van der Waals surface area contributed by atoms with Gasteiger partial charge in [0.25, 0.3) is 0 Å². The van der Waals surface area contributed by atoms with Gasteiger partial charge < -0.3 is 14.2 Å². The van der Waals surface area contributed by atoms with Crippen LogP contribution in [0.15, 0.2) is 42.5 Å². The number of rotatable bonds is 5. The molecule has 0 spiro atoms. The highest BCUT2D eigenvalue weighted by molar-refractivity contribution is 5.55. The van der Waals surface area contributed by atoms with Gasteiger partial charge in [0, 0.05) is 18.4 Å². The van der Waals surface area contributed by atoms with Gasteiger partial charge >= 0.3 is 0 Å². The smallest absolute Gasteiger partial charge is 0.161 e. The van der Waals surface area contributed by atoms with Crippen LogP contribution in [0.3, 0.4) is 0 Å². The molecule has 0 radical (unpaired) electrons. The molecule has 2 aliphatic rings. The van der Waals surface area contributed by atoms with E-state index in [0.29, 0.717) is 25.0 Å². The second-order valence-electron chi connectivity index (χ2n) is 6.43. The van der Waals surface area contributed by atoms with Gasteiger partial charge in [-0.15, -0.1) is 0 Å². The van der Waals surface area contributed by atoms with Crippen molar-refractivity contribution in [3.05, 3.63) is 59.2 Å². The highest BCUT2D eigenvalue weighted by Gasteiger charge is 2.45. The normalized spacial score (nSPS) is 24.5. The quantitative estimate of drug-likeness (QED) is 0.797. The molecule has 0 saturated carbocycles. The summed E-state index contributed by atoms with van der Waals surface area (Å²) >= 11 is 0. The molecule has 126 valence electrons. The predicted octanol–water partition coefficient (Wildman–Crippen LogP) is 4.71. The van der Waals surface area contributed by atoms with Gasteiger partial charge in [0.2, 0.25) is 0 Å². The largest absolute Gasteiger partial charge is 0.490 e. The SMILES string of the molecule is CCOc1cc2c(cc1OCC)[C@H]1OCC[C@H]1[C@@H]2c1ccccc1. The first kappa shape index (κ1) is 15.5. The molecule has 1 heterocycles. The van der Waals surface area contributed by atoms with Gasteiger partial charge in [0.15, 0.2) is 11.5 Å². The van der Waals surface area contributed by atoms with E-state index in [2.05, 4.69) is 42.5 Å². The fourth-order valence-corrected chi connectivity index (χ4v) is 4.23. The van der Waals surface area contributed by atoms with Crippen molar-refractivity contribution in [2.45, 2.75) is 32.3 Å². The maximum absolute atomic E-state index is 6.09. The minimum Gasteiger partial charge on any atom is -0.490 e. The number of ether oxygens (including phenoxy) is 3. The van der Waals surface area contributed by atoms with Gasteiger partial charge in [0.1, 0.15) is 0 Å². The van der Waals surface area contributed by atoms with Crippen molar-refractivity contribution in [1.82, 2.24) is 0 Å². The molecule has 24 heavy (non-hydrogen) atoms. The number of benzene rings is 2. The van der Waals surface area contributed by atoms with Crippen LogP contribution in [0, 0.1) is 5.92 Å². The molecular formula is C21H24O3. The zero-order valence-corrected chi connectivity index (χ0v) is 14.3. The average molecular weight is 324 g/mol. The summed E-state index contributed by atoms with van der Waals surface area (Å²) in [5.74, 6) is 2.57. The van der Waals surface area contributed by atoms with Gasteiger partial charge in [0.05, 0.1) is 19.3 Å². The van der Waals surface area contributed by atoms with E-state index in [4.69, 9.17) is 14.2 Å². The number of hydrogen-bond acceptors (Lipinski definition) is 3. The molecule has 0 N–H and O–H groups in total. The molecule has 0 unspecified atom stereocenters. The van der Waals surface area contributed by atoms with Gasteiger partial charge in [-0.2, -0.15) is 0 Å². The molecule has 3 atom stereocenters. The van der Waals surface area contributed by atoms with Crippen molar-refractivity contribution in [3.8, 4) is 11.5 Å². The monoisotopic (exact) mass is 324 g/mol. The van der Waals surface area contributed by atoms with E-state index in [-0.39, 0.29) is 6.10 Å². The zero-order chi connectivity index (χ0) is 16.5. The molecular weight excluding hydrogens is 300 g/mol. The van der Waals surface area contributed by atoms with Crippen LogP contribution in [0.25, 0.3) is 0 Å². The van der Waals surface area contributed by atoms with Crippen LogP contribution < -0.4 is 9.47 Å². The molecule has 3 heteroatoms. The lowest BCUT2D eigenvalue weighted by Gasteiger charge is -2.19. The number of hydrogen-bond donors (Lipinski definition) is 0. The lowest BCUT2D eigenvalue weighted by molar-refractivity contribution is 0.0967. The molecule has 0 amide bonds. The lowest BCUT2D eigenvalue weighted by Crippen LogP contribution is -2.08. The Kier molecular flexibility index (Phi) is 4.19. The fraction of sp³-hybridized carbons (Fsp3) is 0.429. The van der Waals surface area contributed by atoms with Gasteiger partial charge in [-0.3, -0.25) is 0 Å². The van der Waals surface area contributed by atoms with Crippen molar-refractivity contribution < 1.29 is 14.2 Å². The summed E-state index contributed by atoms with van der Waals surface area (Å²) in [4.78, 5) is 0. The molecule has 1 aliphatic carbocycles. The molecule has 3 nitrogen and oxygen atoms in total. The van der Waals surface area contributed by atoms with Crippen LogP contribution in [0.1, 0.15) is 49.0 Å². The van der Waals surface area contributed by atoms with Gasteiger partial charge in [-0.25, -0.2) is 0 Å². The van der Waals surface area contributed by atoms with Crippen molar-refractivity contribution in [2.75, 3.05) is 19.8 Å². The summed E-state index contributed by atoms with van der Waals surface area (Å²) in [7, 11) is 0. The van der Waals surface area contributed by atoms with Crippen LogP contribution in [0.2, 0.25) is 0 Å². The average Bonchev–Trinajstić information content (AvgIpc) is 3.17. The van der Waals surface area contributed by atoms with Gasteiger partial charge in [-0.1, -0.05) is 30.3 Å². The van der Waals surface area contributed by atoms with E-state index in [0.717, 1.165) is 24.5 Å². The van der Waals surface area contributed by atoms with Crippen LogP contribution in [0.4, 0.5) is 0 Å².